The van der Waals surface area contributed by atoms with Crippen molar-refractivity contribution in [2.45, 2.75) is 40.0 Å². The van der Waals surface area contributed by atoms with Crippen molar-refractivity contribution in [1.29, 1.82) is 0 Å². The Labute approximate surface area is 128 Å². The van der Waals surface area contributed by atoms with Crippen molar-refractivity contribution in [1.82, 2.24) is 0 Å². The minimum Gasteiger partial charge on any atom is -0.333 e. The lowest BCUT2D eigenvalue weighted by Gasteiger charge is -2.18. The second kappa shape index (κ2) is 20.4. The van der Waals surface area contributed by atoms with Crippen LogP contribution in [0.25, 0.3) is 0 Å². The van der Waals surface area contributed by atoms with Gasteiger partial charge in [-0.2, -0.15) is 0 Å². The summed E-state index contributed by atoms with van der Waals surface area (Å²) in [5.41, 5.74) is 6.66. The molecule has 6 N–H and O–H groups in total. The van der Waals surface area contributed by atoms with Crippen molar-refractivity contribution in [3.63, 3.8) is 0 Å². The molecular formula is C14H30N2O3S. The van der Waals surface area contributed by atoms with Gasteiger partial charge in [0.05, 0.1) is 0 Å². The van der Waals surface area contributed by atoms with E-state index < -0.39 is 0 Å². The summed E-state index contributed by atoms with van der Waals surface area (Å²) in [5.74, 6) is 0. The summed E-state index contributed by atoms with van der Waals surface area (Å²) in [7, 11) is 1.50. The van der Waals surface area contributed by atoms with E-state index in [1.165, 1.54) is 12.6 Å². The summed E-state index contributed by atoms with van der Waals surface area (Å²) < 4.78 is 0. The molecule has 0 saturated carbocycles. The van der Waals surface area contributed by atoms with Crippen molar-refractivity contribution in [3.8, 4) is 0 Å². The van der Waals surface area contributed by atoms with Gasteiger partial charge in [-0.15, -0.1) is 12.8 Å². The van der Waals surface area contributed by atoms with Crippen LogP contribution in [0.15, 0.2) is 24.3 Å². The predicted molar refractivity (Wildman–Crippen MR) is 90.4 cm³/mol. The Bertz CT molecular complexity index is 285. The lowest BCUT2D eigenvalue weighted by molar-refractivity contribution is -0.176. The fourth-order valence-corrected chi connectivity index (χ4v) is 1.06. The topological polar surface area (TPSA) is 110 Å². The normalized spacial score (nSPS) is 7.95. The van der Waals surface area contributed by atoms with E-state index in [0.717, 1.165) is 11.8 Å². The van der Waals surface area contributed by atoms with Crippen LogP contribution in [0.2, 0.25) is 0 Å². The molecule has 6 heteroatoms. The minimum absolute atomic E-state index is 0.168. The monoisotopic (exact) mass is 306 g/mol. The van der Waals surface area contributed by atoms with Crippen LogP contribution in [-0.2, 0) is 5.41 Å². The molecule has 5 nitrogen and oxygen atoms in total. The third kappa shape index (κ3) is 15.1. The van der Waals surface area contributed by atoms with Gasteiger partial charge in [-0.05, 0) is 18.0 Å². The molecule has 120 valence electrons. The zero-order valence-electron chi connectivity index (χ0n) is 13.3. The Hall–Kier alpha value is -0.920. The molecule has 1 aromatic carbocycles. The van der Waals surface area contributed by atoms with Crippen LogP contribution in [0.1, 0.15) is 50.5 Å². The molecule has 0 saturated heterocycles. The highest BCUT2D eigenvalue weighted by Crippen LogP contribution is 2.21. The van der Waals surface area contributed by atoms with Crippen LogP contribution < -0.4 is 10.9 Å². The average Bonchev–Trinajstić information content (AvgIpc) is 2.54. The maximum Gasteiger partial charge on any atom is 0.150 e. The van der Waals surface area contributed by atoms with Gasteiger partial charge >= 0.3 is 0 Å². The standard InChI is InChI=1S/C11H14O.C2H6.CH5N.H3NS.H2O2/c1-11(2,3)10-6-4-9(8-12)5-7-10;4*1-2/h4-8H,1-3H3;1-2H3;2H2,1H3;2H,1H2;1-2H. The Morgan fingerprint density at radius 1 is 1.00 bits per heavy atom. The van der Waals surface area contributed by atoms with E-state index in [1.54, 1.807) is 0 Å². The summed E-state index contributed by atoms with van der Waals surface area (Å²) in [6.45, 7) is 10.5. The van der Waals surface area contributed by atoms with Gasteiger partial charge in [0.2, 0.25) is 0 Å². The predicted octanol–water partition coefficient (Wildman–Crippen LogP) is 3.21. The fourth-order valence-electron chi connectivity index (χ4n) is 1.06. The highest BCUT2D eigenvalue weighted by atomic mass is 32.1. The molecular weight excluding hydrogens is 276 g/mol. The first kappa shape index (κ1) is 27.4. The summed E-state index contributed by atoms with van der Waals surface area (Å²) in [5, 5.41) is 16.2. The van der Waals surface area contributed by atoms with Gasteiger partial charge in [0.25, 0.3) is 0 Å². The number of rotatable bonds is 1. The maximum absolute atomic E-state index is 10.4. The van der Waals surface area contributed by atoms with Gasteiger partial charge < -0.3 is 5.73 Å². The van der Waals surface area contributed by atoms with Crippen LogP contribution in [0.3, 0.4) is 0 Å². The van der Waals surface area contributed by atoms with Gasteiger partial charge in [0.15, 0.2) is 0 Å². The second-order valence-electron chi connectivity index (χ2n) is 3.99. The number of aldehydes is 1. The van der Waals surface area contributed by atoms with Gasteiger partial charge in [-0.1, -0.05) is 58.9 Å². The maximum atomic E-state index is 10.4. The lowest BCUT2D eigenvalue weighted by Crippen LogP contribution is -2.10. The average molecular weight is 306 g/mol. The van der Waals surface area contributed by atoms with Crippen molar-refractivity contribution >= 4 is 19.1 Å². The molecule has 0 amide bonds. The third-order valence-electron chi connectivity index (χ3n) is 1.91. The molecule has 0 spiro atoms. The first-order chi connectivity index (χ1) is 9.54. The van der Waals surface area contributed by atoms with Crippen LogP contribution in [0, 0.1) is 0 Å². The second-order valence-corrected chi connectivity index (χ2v) is 3.99. The molecule has 0 aliphatic heterocycles. The Kier molecular flexibility index (Phi) is 28.0. The largest absolute Gasteiger partial charge is 0.333 e. The zero-order valence-corrected chi connectivity index (χ0v) is 14.2. The molecule has 0 aliphatic rings. The summed E-state index contributed by atoms with van der Waals surface area (Å²) in [4.78, 5) is 10.4. The molecule has 1 rings (SSSR count). The number of carbonyl (C=O) groups is 1. The van der Waals surface area contributed by atoms with E-state index >= 15 is 0 Å². The van der Waals surface area contributed by atoms with Crippen molar-refractivity contribution in [2.75, 3.05) is 7.05 Å². The number of benzene rings is 1. The van der Waals surface area contributed by atoms with Crippen LogP contribution in [0.4, 0.5) is 0 Å². The van der Waals surface area contributed by atoms with E-state index in [0.29, 0.717) is 0 Å². The van der Waals surface area contributed by atoms with E-state index in [9.17, 15) is 4.79 Å². The molecule has 0 fully saturated rings. The Morgan fingerprint density at radius 2 is 1.30 bits per heavy atom. The molecule has 0 aliphatic carbocycles. The Morgan fingerprint density at radius 3 is 1.50 bits per heavy atom. The van der Waals surface area contributed by atoms with E-state index in [2.05, 4.69) is 44.5 Å². The number of thiol groups is 1. The SMILES string of the molecule is CC.CC(C)(C)c1ccc(C=O)cc1.CN.NS.OO. The minimum atomic E-state index is 0.168. The highest BCUT2D eigenvalue weighted by Gasteiger charge is 2.12. The summed E-state index contributed by atoms with van der Waals surface area (Å²) in [6, 6.07) is 7.72. The van der Waals surface area contributed by atoms with Crippen molar-refractivity contribution in [2.24, 2.45) is 10.9 Å². The number of nitrogens with two attached hydrogens (primary N) is 2. The van der Waals surface area contributed by atoms with Crippen molar-refractivity contribution < 1.29 is 15.3 Å². The number of carbonyl (C=O) groups excluding carboxylic acids is 1. The van der Waals surface area contributed by atoms with E-state index in [4.69, 9.17) is 10.5 Å². The fraction of sp³-hybridized carbons (Fsp3) is 0.500. The number of hydrogen-bond donors (Lipinski definition) is 5. The van der Waals surface area contributed by atoms with E-state index in [1.807, 2.05) is 38.1 Å². The molecule has 1 aromatic rings. The van der Waals surface area contributed by atoms with E-state index in [-0.39, 0.29) is 5.41 Å². The third-order valence-corrected chi connectivity index (χ3v) is 1.91. The van der Waals surface area contributed by atoms with Gasteiger partial charge in [-0.3, -0.25) is 20.4 Å². The molecule has 20 heavy (non-hydrogen) atoms. The molecule has 0 aromatic heterocycles. The smallest absolute Gasteiger partial charge is 0.150 e. The molecule has 0 atom stereocenters. The van der Waals surface area contributed by atoms with Crippen LogP contribution in [-0.4, -0.2) is 23.8 Å². The molecule has 0 bridgehead atoms. The Balaban J connectivity index is -0.000000138. The lowest BCUT2D eigenvalue weighted by atomic mass is 9.87. The first-order valence-corrected chi connectivity index (χ1v) is 6.65. The van der Waals surface area contributed by atoms with Gasteiger partial charge in [0.1, 0.15) is 6.29 Å². The van der Waals surface area contributed by atoms with Gasteiger partial charge in [-0.25, -0.2) is 0 Å². The van der Waals surface area contributed by atoms with Crippen LogP contribution in [0.5, 0.6) is 0 Å². The van der Waals surface area contributed by atoms with Crippen molar-refractivity contribution in [3.05, 3.63) is 35.4 Å². The molecule has 0 heterocycles. The number of hydrogen-bond acceptors (Lipinski definition) is 6. The van der Waals surface area contributed by atoms with Gasteiger partial charge in [0, 0.05) is 5.56 Å². The quantitative estimate of drug-likeness (QED) is 0.237. The molecule has 0 unspecified atom stereocenters. The summed E-state index contributed by atoms with van der Waals surface area (Å²) in [6.07, 6.45) is 0.867. The zero-order chi connectivity index (χ0) is 17.2. The highest BCUT2D eigenvalue weighted by molar-refractivity contribution is 7.77. The summed E-state index contributed by atoms with van der Waals surface area (Å²) >= 11 is 3.03. The first-order valence-electron chi connectivity index (χ1n) is 6.13. The van der Waals surface area contributed by atoms with Crippen LogP contribution >= 0.6 is 12.8 Å². The molecule has 0 radical (unpaired) electrons.